The van der Waals surface area contributed by atoms with Crippen LogP contribution in [-0.2, 0) is 33.4 Å². The van der Waals surface area contributed by atoms with E-state index in [1.54, 1.807) is 7.11 Å². The third-order valence-corrected chi connectivity index (χ3v) is 2.22. The molecule has 19 heavy (non-hydrogen) atoms. The summed E-state index contributed by atoms with van der Waals surface area (Å²) in [6.07, 6.45) is 0.140. The highest BCUT2D eigenvalue weighted by molar-refractivity contribution is 6.01. The summed E-state index contributed by atoms with van der Waals surface area (Å²) in [7, 11) is 1.57. The second-order valence-electron chi connectivity index (χ2n) is 3.70. The number of carbonyl (C=O) groups is 3. The van der Waals surface area contributed by atoms with E-state index < -0.39 is 17.8 Å². The molecule has 0 bridgehead atoms. The number of imide groups is 1. The summed E-state index contributed by atoms with van der Waals surface area (Å²) in [6, 6.07) is 0. The van der Waals surface area contributed by atoms with Gasteiger partial charge in [-0.3, -0.25) is 9.59 Å². The van der Waals surface area contributed by atoms with Crippen molar-refractivity contribution < 1.29 is 33.4 Å². The van der Waals surface area contributed by atoms with E-state index in [1.165, 1.54) is 0 Å². The smallest absolute Gasteiger partial charge is 0.358 e. The number of rotatable bonds is 9. The van der Waals surface area contributed by atoms with Crippen LogP contribution in [0.25, 0.3) is 0 Å². The molecule has 1 saturated heterocycles. The molecule has 8 nitrogen and oxygen atoms in total. The minimum atomic E-state index is -0.791. The zero-order valence-electron chi connectivity index (χ0n) is 10.8. The van der Waals surface area contributed by atoms with Crippen molar-refractivity contribution >= 4 is 17.8 Å². The molecule has 0 aromatic heterocycles. The molecule has 0 aromatic carbocycles. The van der Waals surface area contributed by atoms with Gasteiger partial charge in [0.1, 0.15) is 6.61 Å². The first-order valence-electron chi connectivity index (χ1n) is 5.86. The number of methoxy groups -OCH3 is 1. The highest BCUT2D eigenvalue weighted by Crippen LogP contribution is 2.11. The summed E-state index contributed by atoms with van der Waals surface area (Å²) < 4.78 is 14.8. The van der Waals surface area contributed by atoms with Crippen molar-refractivity contribution in [1.82, 2.24) is 5.06 Å². The molecule has 2 amide bonds. The molecule has 8 heteroatoms. The maximum absolute atomic E-state index is 11.3. The Labute approximate surface area is 110 Å². The Hall–Kier alpha value is -1.51. The maximum atomic E-state index is 11.3. The second kappa shape index (κ2) is 8.57. The van der Waals surface area contributed by atoms with Gasteiger partial charge in [-0.25, -0.2) is 4.79 Å². The van der Waals surface area contributed by atoms with Crippen molar-refractivity contribution in [2.24, 2.45) is 0 Å². The normalized spacial score (nSPS) is 15.1. The van der Waals surface area contributed by atoms with E-state index in [9.17, 15) is 14.4 Å². The molecule has 1 rings (SSSR count). The Morgan fingerprint density at radius 1 is 1.05 bits per heavy atom. The summed E-state index contributed by atoms with van der Waals surface area (Å²) in [4.78, 5) is 38.2. The molecule has 0 aliphatic carbocycles. The lowest BCUT2D eigenvalue weighted by molar-refractivity contribution is -0.200. The second-order valence-corrected chi connectivity index (χ2v) is 3.70. The van der Waals surface area contributed by atoms with Crippen molar-refractivity contribution in [1.29, 1.82) is 0 Å². The molecule has 1 aliphatic heterocycles. The van der Waals surface area contributed by atoms with E-state index in [1.807, 2.05) is 0 Å². The lowest BCUT2D eigenvalue weighted by atomic mass is 10.4. The molecule has 108 valence electrons. The molecule has 1 aliphatic rings. The molecular formula is C11H17NO7. The fraction of sp³-hybridized carbons (Fsp3) is 0.727. The summed E-state index contributed by atoms with van der Waals surface area (Å²) in [5.41, 5.74) is 0. The predicted octanol–water partition coefficient (Wildman–Crippen LogP) is -0.727. The van der Waals surface area contributed by atoms with Crippen LogP contribution in [0.2, 0.25) is 0 Å². The number of amides is 2. The van der Waals surface area contributed by atoms with Crippen LogP contribution in [0.15, 0.2) is 0 Å². The minimum Gasteiger partial charge on any atom is -0.382 e. The number of carbonyl (C=O) groups excluding carboxylic acids is 3. The van der Waals surface area contributed by atoms with Gasteiger partial charge in [-0.2, -0.15) is 0 Å². The van der Waals surface area contributed by atoms with Gasteiger partial charge in [0.05, 0.1) is 26.4 Å². The average molecular weight is 275 g/mol. The van der Waals surface area contributed by atoms with Crippen LogP contribution in [0, 0.1) is 0 Å². The average Bonchev–Trinajstić information content (AvgIpc) is 2.69. The van der Waals surface area contributed by atoms with Crippen LogP contribution < -0.4 is 0 Å². The minimum absolute atomic E-state index is 0.0698. The van der Waals surface area contributed by atoms with Gasteiger partial charge in [0.15, 0.2) is 0 Å². The Morgan fingerprint density at radius 2 is 1.63 bits per heavy atom. The van der Waals surface area contributed by atoms with Crippen molar-refractivity contribution in [3.05, 3.63) is 0 Å². The highest BCUT2D eigenvalue weighted by atomic mass is 16.7. The fourth-order valence-electron chi connectivity index (χ4n) is 1.30. The van der Waals surface area contributed by atoms with Gasteiger partial charge in [-0.1, -0.05) is 0 Å². The van der Waals surface area contributed by atoms with Crippen molar-refractivity contribution in [3.63, 3.8) is 0 Å². The van der Waals surface area contributed by atoms with Gasteiger partial charge < -0.3 is 19.0 Å². The zero-order valence-corrected chi connectivity index (χ0v) is 10.8. The summed E-state index contributed by atoms with van der Waals surface area (Å²) in [5, 5.41) is 0.487. The number of ether oxygens (including phenoxy) is 3. The molecule has 0 aromatic rings. The van der Waals surface area contributed by atoms with Crippen molar-refractivity contribution in [2.45, 2.75) is 12.8 Å². The first kappa shape index (κ1) is 15.5. The number of hydrogen-bond acceptors (Lipinski definition) is 7. The van der Waals surface area contributed by atoms with E-state index in [2.05, 4.69) is 4.84 Å². The van der Waals surface area contributed by atoms with Crippen molar-refractivity contribution in [2.75, 3.05) is 40.1 Å². The number of hydrogen-bond donors (Lipinski definition) is 0. The topological polar surface area (TPSA) is 91.4 Å². The first-order valence-corrected chi connectivity index (χ1v) is 5.86. The number of hydroxylamine groups is 2. The van der Waals surface area contributed by atoms with Gasteiger partial charge >= 0.3 is 5.97 Å². The molecule has 0 spiro atoms. The van der Waals surface area contributed by atoms with Crippen LogP contribution in [0.3, 0.4) is 0 Å². The van der Waals surface area contributed by atoms with Crippen LogP contribution >= 0.6 is 0 Å². The summed E-state index contributed by atoms with van der Waals surface area (Å²) in [5.74, 6) is -1.82. The molecule has 0 unspecified atom stereocenters. The van der Waals surface area contributed by atoms with Gasteiger partial charge in [0.25, 0.3) is 11.8 Å². The molecule has 0 N–H and O–H groups in total. The summed E-state index contributed by atoms with van der Waals surface area (Å²) >= 11 is 0. The van der Waals surface area contributed by atoms with Gasteiger partial charge in [-0.15, -0.1) is 5.06 Å². The van der Waals surface area contributed by atoms with Crippen LogP contribution in [0.1, 0.15) is 12.8 Å². The van der Waals surface area contributed by atoms with Crippen LogP contribution in [-0.4, -0.2) is 63.0 Å². The zero-order chi connectivity index (χ0) is 14.1. The SMILES string of the molecule is COCCOCCOCC(=O)ON1C(=O)CCC1=O. The molecular weight excluding hydrogens is 258 g/mol. The Kier molecular flexibility index (Phi) is 7.01. The fourth-order valence-corrected chi connectivity index (χ4v) is 1.30. The van der Waals surface area contributed by atoms with Gasteiger partial charge in [0.2, 0.25) is 0 Å². The Bertz CT molecular complexity index is 315. The Balaban J connectivity index is 2.05. The number of nitrogens with zero attached hydrogens (tertiary/aromatic N) is 1. The van der Waals surface area contributed by atoms with E-state index in [4.69, 9.17) is 14.2 Å². The summed E-state index contributed by atoms with van der Waals surface area (Å²) in [6.45, 7) is 1.12. The van der Waals surface area contributed by atoms with Gasteiger partial charge in [0, 0.05) is 20.0 Å². The van der Waals surface area contributed by atoms with E-state index in [-0.39, 0.29) is 26.1 Å². The monoisotopic (exact) mass is 275 g/mol. The third kappa shape index (κ3) is 5.77. The molecule has 0 radical (unpaired) electrons. The lowest BCUT2D eigenvalue weighted by Gasteiger charge is -2.12. The van der Waals surface area contributed by atoms with Crippen molar-refractivity contribution in [3.8, 4) is 0 Å². The van der Waals surface area contributed by atoms with Crippen LogP contribution in [0.5, 0.6) is 0 Å². The lowest BCUT2D eigenvalue weighted by Crippen LogP contribution is -2.33. The quantitative estimate of drug-likeness (QED) is 0.405. The maximum Gasteiger partial charge on any atom is 0.358 e. The molecule has 0 saturated carbocycles. The predicted molar refractivity (Wildman–Crippen MR) is 60.7 cm³/mol. The molecule has 1 fully saturated rings. The van der Waals surface area contributed by atoms with Gasteiger partial charge in [-0.05, 0) is 0 Å². The molecule has 1 heterocycles. The largest absolute Gasteiger partial charge is 0.382 e. The Morgan fingerprint density at radius 3 is 2.26 bits per heavy atom. The van der Waals surface area contributed by atoms with E-state index >= 15 is 0 Å². The van der Waals surface area contributed by atoms with Crippen LogP contribution in [0.4, 0.5) is 0 Å². The van der Waals surface area contributed by atoms with E-state index in [0.717, 1.165) is 0 Å². The third-order valence-electron chi connectivity index (χ3n) is 2.22. The standard InChI is InChI=1S/C11H17NO7/c1-16-4-5-17-6-7-18-8-11(15)19-12-9(13)2-3-10(12)14/h2-8H2,1H3. The van der Waals surface area contributed by atoms with E-state index in [0.29, 0.717) is 24.9 Å². The molecule has 0 atom stereocenters. The highest BCUT2D eigenvalue weighted by Gasteiger charge is 2.32. The first-order chi connectivity index (χ1) is 9.15.